The molecule has 0 saturated carbocycles. The maximum atomic E-state index is 13.1. The van der Waals surface area contributed by atoms with Crippen molar-refractivity contribution in [2.45, 2.75) is 26.9 Å². The van der Waals surface area contributed by atoms with E-state index in [1.165, 1.54) is 0 Å². The van der Waals surface area contributed by atoms with Gasteiger partial charge >= 0.3 is 0 Å². The third kappa shape index (κ3) is 6.17. The summed E-state index contributed by atoms with van der Waals surface area (Å²) in [6.45, 7) is 7.40. The second kappa shape index (κ2) is 12.5. The predicted molar refractivity (Wildman–Crippen MR) is 164 cm³/mol. The monoisotopic (exact) mass is 530 g/mol. The van der Waals surface area contributed by atoms with Crippen molar-refractivity contribution in [1.82, 2.24) is 14.9 Å². The molecule has 0 fully saturated rings. The van der Waals surface area contributed by atoms with Crippen molar-refractivity contribution >= 4 is 34.1 Å². The topological polar surface area (TPSA) is 96.2 Å². The van der Waals surface area contributed by atoms with Crippen LogP contribution in [-0.4, -0.2) is 33.9 Å². The number of fused-ring (bicyclic) bond motifs is 1. The van der Waals surface area contributed by atoms with Crippen molar-refractivity contribution in [2.24, 2.45) is 5.73 Å². The second-order valence-electron chi connectivity index (χ2n) is 9.59. The molecular formula is C33H34N6O. The lowest BCUT2D eigenvalue weighted by atomic mass is 10.1. The first-order chi connectivity index (χ1) is 19.6. The van der Waals surface area contributed by atoms with Crippen LogP contribution < -0.4 is 16.4 Å². The molecule has 0 aliphatic carbocycles. The van der Waals surface area contributed by atoms with Crippen LogP contribution in [0.1, 0.15) is 35.3 Å². The Bertz CT molecular complexity index is 1600. The molecule has 7 heteroatoms. The van der Waals surface area contributed by atoms with Crippen LogP contribution >= 0.6 is 0 Å². The van der Waals surface area contributed by atoms with Crippen molar-refractivity contribution in [3.63, 3.8) is 0 Å². The average Bonchev–Trinajstić information content (AvgIpc) is 3.00. The Labute approximate surface area is 235 Å². The first-order valence-electron chi connectivity index (χ1n) is 13.6. The fourth-order valence-corrected chi connectivity index (χ4v) is 4.70. The summed E-state index contributed by atoms with van der Waals surface area (Å²) in [7, 11) is 0. The molecule has 0 saturated heterocycles. The highest BCUT2D eigenvalue weighted by molar-refractivity contribution is 6.05. The van der Waals surface area contributed by atoms with Crippen LogP contribution in [0.4, 0.5) is 17.3 Å². The molecule has 40 heavy (non-hydrogen) atoms. The Balaban J connectivity index is 1.34. The van der Waals surface area contributed by atoms with E-state index in [0.717, 1.165) is 64.3 Å². The van der Waals surface area contributed by atoms with E-state index >= 15 is 0 Å². The number of nitrogens with two attached hydrogens (primary N) is 1. The molecule has 0 unspecified atom stereocenters. The van der Waals surface area contributed by atoms with Crippen LogP contribution in [-0.2, 0) is 13.1 Å². The standard InChI is InChI=1S/C33H34N6O/c1-3-39(4-2)22-23-14-15-26(21-34)30(20-23)36-32(40)25-16-18-27(19-17-25)35-33-37-29-13-9-8-12-28(29)31(38-33)24-10-6-5-7-11-24/h5-20H,3-4,21-22,34H2,1-2H3,(H,36,40)(H,35,37,38). The summed E-state index contributed by atoms with van der Waals surface area (Å²) >= 11 is 0. The van der Waals surface area contributed by atoms with Crippen molar-refractivity contribution in [2.75, 3.05) is 23.7 Å². The number of aromatic nitrogens is 2. The van der Waals surface area contributed by atoms with E-state index in [1.807, 2.05) is 78.9 Å². The molecule has 1 heterocycles. The van der Waals surface area contributed by atoms with E-state index in [4.69, 9.17) is 15.7 Å². The molecule has 5 aromatic rings. The van der Waals surface area contributed by atoms with Crippen molar-refractivity contribution in [3.05, 3.63) is 114 Å². The smallest absolute Gasteiger partial charge is 0.255 e. The number of nitrogens with zero attached hydrogens (tertiary/aromatic N) is 3. The molecule has 7 nitrogen and oxygen atoms in total. The summed E-state index contributed by atoms with van der Waals surface area (Å²) in [6.07, 6.45) is 0. The minimum atomic E-state index is -0.186. The fraction of sp³-hybridized carbons (Fsp3) is 0.182. The van der Waals surface area contributed by atoms with Crippen LogP contribution in [0, 0.1) is 0 Å². The Morgan fingerprint density at radius 2 is 1.57 bits per heavy atom. The Kier molecular flexibility index (Phi) is 8.44. The van der Waals surface area contributed by atoms with Gasteiger partial charge in [-0.2, -0.15) is 0 Å². The Hall–Kier alpha value is -4.59. The molecule has 0 spiro atoms. The van der Waals surface area contributed by atoms with Gasteiger partial charge in [-0.15, -0.1) is 0 Å². The van der Waals surface area contributed by atoms with Crippen LogP contribution in [0.5, 0.6) is 0 Å². The number of anilines is 3. The van der Waals surface area contributed by atoms with E-state index in [0.29, 0.717) is 18.1 Å². The lowest BCUT2D eigenvalue weighted by Gasteiger charge is -2.19. The lowest BCUT2D eigenvalue weighted by Crippen LogP contribution is -2.22. The van der Waals surface area contributed by atoms with Gasteiger partial charge in [-0.1, -0.05) is 74.5 Å². The van der Waals surface area contributed by atoms with Gasteiger partial charge in [0.05, 0.1) is 11.2 Å². The number of amides is 1. The van der Waals surface area contributed by atoms with Crippen molar-refractivity contribution in [1.29, 1.82) is 0 Å². The molecule has 202 valence electrons. The third-order valence-corrected chi connectivity index (χ3v) is 7.00. The molecule has 4 N–H and O–H groups in total. The maximum absolute atomic E-state index is 13.1. The van der Waals surface area contributed by atoms with Crippen molar-refractivity contribution < 1.29 is 4.79 Å². The summed E-state index contributed by atoms with van der Waals surface area (Å²) in [5.41, 5.74) is 12.8. The van der Waals surface area contributed by atoms with Crippen LogP contribution in [0.3, 0.4) is 0 Å². The van der Waals surface area contributed by atoms with Gasteiger partial charge in [0, 0.05) is 41.0 Å². The number of rotatable bonds is 10. The van der Waals surface area contributed by atoms with Gasteiger partial charge in [-0.3, -0.25) is 9.69 Å². The maximum Gasteiger partial charge on any atom is 0.255 e. The van der Waals surface area contributed by atoms with Gasteiger partial charge in [0.2, 0.25) is 5.95 Å². The zero-order valence-corrected chi connectivity index (χ0v) is 22.9. The van der Waals surface area contributed by atoms with Crippen molar-refractivity contribution in [3.8, 4) is 11.3 Å². The van der Waals surface area contributed by atoms with E-state index in [1.54, 1.807) is 12.1 Å². The largest absolute Gasteiger partial charge is 0.326 e. The molecule has 1 aromatic heterocycles. The number of benzene rings is 4. The quantitative estimate of drug-likeness (QED) is 0.188. The van der Waals surface area contributed by atoms with Gasteiger partial charge in [0.1, 0.15) is 0 Å². The highest BCUT2D eigenvalue weighted by Gasteiger charge is 2.13. The van der Waals surface area contributed by atoms with E-state index < -0.39 is 0 Å². The number of nitrogens with one attached hydrogen (secondary N) is 2. The van der Waals surface area contributed by atoms with Crippen LogP contribution in [0.15, 0.2) is 97.1 Å². The molecule has 4 aromatic carbocycles. The predicted octanol–water partition coefficient (Wildman–Crippen LogP) is 6.59. The Morgan fingerprint density at radius 3 is 2.30 bits per heavy atom. The van der Waals surface area contributed by atoms with E-state index in [9.17, 15) is 4.79 Å². The molecular weight excluding hydrogens is 496 g/mol. The summed E-state index contributed by atoms with van der Waals surface area (Å²) in [6, 6.07) is 31.4. The molecule has 0 aliphatic rings. The minimum Gasteiger partial charge on any atom is -0.326 e. The summed E-state index contributed by atoms with van der Waals surface area (Å²) < 4.78 is 0. The molecule has 1 amide bonds. The third-order valence-electron chi connectivity index (χ3n) is 7.00. The van der Waals surface area contributed by atoms with Crippen LogP contribution in [0.25, 0.3) is 22.2 Å². The lowest BCUT2D eigenvalue weighted by molar-refractivity contribution is 0.102. The summed E-state index contributed by atoms with van der Waals surface area (Å²) in [4.78, 5) is 25.0. The van der Waals surface area contributed by atoms with Gasteiger partial charge in [0.15, 0.2) is 0 Å². The summed E-state index contributed by atoms with van der Waals surface area (Å²) in [5, 5.41) is 7.35. The summed E-state index contributed by atoms with van der Waals surface area (Å²) in [5.74, 6) is 0.307. The highest BCUT2D eigenvalue weighted by atomic mass is 16.1. The number of para-hydroxylation sites is 1. The first kappa shape index (κ1) is 27.0. The van der Waals surface area contributed by atoms with E-state index in [2.05, 4.69) is 35.4 Å². The number of carbonyl (C=O) groups excluding carboxylic acids is 1. The normalized spacial score (nSPS) is 11.1. The van der Waals surface area contributed by atoms with Gasteiger partial charge < -0.3 is 16.4 Å². The SMILES string of the molecule is CCN(CC)Cc1ccc(CN)c(NC(=O)c2ccc(Nc3nc(-c4ccccc4)c4ccccc4n3)cc2)c1. The Morgan fingerprint density at radius 1 is 0.850 bits per heavy atom. The van der Waals surface area contributed by atoms with Gasteiger partial charge in [-0.05, 0) is 60.6 Å². The second-order valence-corrected chi connectivity index (χ2v) is 9.59. The van der Waals surface area contributed by atoms with E-state index in [-0.39, 0.29) is 5.91 Å². The molecule has 0 aliphatic heterocycles. The fourth-order valence-electron chi connectivity index (χ4n) is 4.70. The first-order valence-corrected chi connectivity index (χ1v) is 13.6. The number of hydrogen-bond acceptors (Lipinski definition) is 6. The van der Waals surface area contributed by atoms with Gasteiger partial charge in [-0.25, -0.2) is 9.97 Å². The minimum absolute atomic E-state index is 0.186. The molecule has 0 atom stereocenters. The number of hydrogen-bond donors (Lipinski definition) is 3. The van der Waals surface area contributed by atoms with Crippen LogP contribution in [0.2, 0.25) is 0 Å². The molecule has 0 radical (unpaired) electrons. The number of carbonyl (C=O) groups is 1. The average molecular weight is 531 g/mol. The van der Waals surface area contributed by atoms with Gasteiger partial charge in [0.25, 0.3) is 5.91 Å². The zero-order valence-electron chi connectivity index (χ0n) is 22.9. The molecule has 5 rings (SSSR count). The highest BCUT2D eigenvalue weighted by Crippen LogP contribution is 2.28. The molecule has 0 bridgehead atoms. The zero-order chi connectivity index (χ0) is 27.9.